The average Bonchev–Trinajstić information content (AvgIpc) is 3.00. The van der Waals surface area contributed by atoms with Gasteiger partial charge in [0.15, 0.2) is 0 Å². The summed E-state index contributed by atoms with van der Waals surface area (Å²) in [5.74, 6) is -0.146. The highest BCUT2D eigenvalue weighted by Crippen LogP contribution is 2.26. The Bertz CT molecular complexity index is 878. The van der Waals surface area contributed by atoms with Gasteiger partial charge in [0.25, 0.3) is 0 Å². The molecule has 7 heteroatoms. The molecule has 0 radical (unpaired) electrons. The summed E-state index contributed by atoms with van der Waals surface area (Å²) < 4.78 is 31.5. The third-order valence-corrected chi connectivity index (χ3v) is 6.05. The minimum Gasteiger partial charge on any atom is -0.489 e. The monoisotopic (exact) mass is 360 g/mol. The highest BCUT2D eigenvalue weighted by Gasteiger charge is 2.24. The Hall–Kier alpha value is -2.38. The molecule has 1 fully saturated rings. The van der Waals surface area contributed by atoms with Crippen molar-refractivity contribution in [1.29, 1.82) is 0 Å². The lowest BCUT2D eigenvalue weighted by Crippen LogP contribution is -2.21. The van der Waals surface area contributed by atoms with Gasteiger partial charge in [-0.25, -0.2) is 8.42 Å². The van der Waals surface area contributed by atoms with Crippen molar-refractivity contribution in [3.05, 3.63) is 54.1 Å². The summed E-state index contributed by atoms with van der Waals surface area (Å²) in [5, 5.41) is 0. The lowest BCUT2D eigenvalue weighted by molar-refractivity contribution is 0.0997. The standard InChI is InChI=1S/C18H20N2O4S/c1-20-11-10-14(12-20)24-13-6-8-15(9-7-13)25(22,23)17-5-3-2-4-16(17)18(19)21/h2-9,14H,10-12H2,1H3,(H2,19,21)/t14-/m0/s1. The first-order valence-electron chi connectivity index (χ1n) is 7.97. The molecule has 1 aliphatic heterocycles. The van der Waals surface area contributed by atoms with Gasteiger partial charge in [0.2, 0.25) is 15.7 Å². The lowest BCUT2D eigenvalue weighted by atomic mass is 10.2. The normalized spacial score (nSPS) is 18.2. The molecule has 2 aromatic carbocycles. The van der Waals surface area contributed by atoms with Gasteiger partial charge >= 0.3 is 0 Å². The van der Waals surface area contributed by atoms with Crippen molar-refractivity contribution in [2.75, 3.05) is 20.1 Å². The van der Waals surface area contributed by atoms with Gasteiger partial charge in [-0.05, 0) is 49.9 Å². The molecule has 2 N–H and O–H groups in total. The van der Waals surface area contributed by atoms with Crippen LogP contribution in [0.15, 0.2) is 58.3 Å². The maximum atomic E-state index is 12.8. The van der Waals surface area contributed by atoms with Crippen LogP contribution in [0.1, 0.15) is 16.8 Å². The number of nitrogens with two attached hydrogens (primary N) is 1. The number of ether oxygens (including phenoxy) is 1. The summed E-state index contributed by atoms with van der Waals surface area (Å²) in [6.07, 6.45) is 1.06. The highest BCUT2D eigenvalue weighted by molar-refractivity contribution is 7.91. The van der Waals surface area contributed by atoms with Crippen LogP contribution in [0.4, 0.5) is 0 Å². The van der Waals surface area contributed by atoms with Crippen LogP contribution >= 0.6 is 0 Å². The summed E-state index contributed by atoms with van der Waals surface area (Å²) in [7, 11) is -1.80. The molecule has 6 nitrogen and oxygen atoms in total. The number of carbonyl (C=O) groups excluding carboxylic acids is 1. The number of amides is 1. The zero-order chi connectivity index (χ0) is 18.0. The van der Waals surface area contributed by atoms with E-state index in [-0.39, 0.29) is 21.5 Å². The fourth-order valence-electron chi connectivity index (χ4n) is 2.91. The van der Waals surface area contributed by atoms with E-state index >= 15 is 0 Å². The molecule has 0 aromatic heterocycles. The van der Waals surface area contributed by atoms with Crippen molar-refractivity contribution in [1.82, 2.24) is 4.90 Å². The zero-order valence-corrected chi connectivity index (χ0v) is 14.7. The Morgan fingerprint density at radius 3 is 2.44 bits per heavy atom. The van der Waals surface area contributed by atoms with Gasteiger partial charge in [-0.3, -0.25) is 4.79 Å². The minimum absolute atomic E-state index is 0.0168. The van der Waals surface area contributed by atoms with E-state index in [1.54, 1.807) is 24.3 Å². The van der Waals surface area contributed by atoms with E-state index in [2.05, 4.69) is 4.90 Å². The largest absolute Gasteiger partial charge is 0.489 e. The number of benzene rings is 2. The van der Waals surface area contributed by atoms with Crippen LogP contribution < -0.4 is 10.5 Å². The van der Waals surface area contributed by atoms with Gasteiger partial charge in [0.1, 0.15) is 11.9 Å². The summed E-state index contributed by atoms with van der Waals surface area (Å²) >= 11 is 0. The molecule has 0 unspecified atom stereocenters. The van der Waals surface area contributed by atoms with Gasteiger partial charge in [-0.2, -0.15) is 0 Å². The number of likely N-dealkylation sites (tertiary alicyclic amines) is 1. The number of rotatable bonds is 5. The highest BCUT2D eigenvalue weighted by atomic mass is 32.2. The summed E-state index contributed by atoms with van der Waals surface area (Å²) in [6, 6.07) is 12.2. The number of nitrogens with zero attached hydrogens (tertiary/aromatic N) is 1. The van der Waals surface area contributed by atoms with Crippen molar-refractivity contribution in [2.45, 2.75) is 22.3 Å². The Kier molecular flexibility index (Phi) is 4.78. The second-order valence-corrected chi connectivity index (χ2v) is 8.04. The van der Waals surface area contributed by atoms with E-state index < -0.39 is 15.7 Å². The first-order valence-corrected chi connectivity index (χ1v) is 9.45. The third-order valence-electron chi connectivity index (χ3n) is 4.23. The van der Waals surface area contributed by atoms with E-state index in [1.165, 1.54) is 24.3 Å². The van der Waals surface area contributed by atoms with Crippen LogP contribution in [-0.4, -0.2) is 45.5 Å². The SMILES string of the molecule is CN1CC[C@H](Oc2ccc(S(=O)(=O)c3ccccc3C(N)=O)cc2)C1. The van der Waals surface area contributed by atoms with Crippen LogP contribution in [-0.2, 0) is 9.84 Å². The predicted octanol–water partition coefficient (Wildman–Crippen LogP) is 1.70. The molecule has 0 bridgehead atoms. The van der Waals surface area contributed by atoms with E-state index in [0.717, 1.165) is 19.5 Å². The zero-order valence-electron chi connectivity index (χ0n) is 13.9. The number of hydrogen-bond donors (Lipinski definition) is 1. The maximum absolute atomic E-state index is 12.8. The number of primary amides is 1. The first kappa shape index (κ1) is 17.4. The molecule has 25 heavy (non-hydrogen) atoms. The van der Waals surface area contributed by atoms with Gasteiger partial charge in [0, 0.05) is 13.1 Å². The van der Waals surface area contributed by atoms with E-state index in [4.69, 9.17) is 10.5 Å². The van der Waals surface area contributed by atoms with Crippen LogP contribution in [0, 0.1) is 0 Å². The molecule has 132 valence electrons. The molecule has 1 heterocycles. The van der Waals surface area contributed by atoms with Crippen LogP contribution in [0.25, 0.3) is 0 Å². The fourth-order valence-corrected chi connectivity index (χ4v) is 4.38. The van der Waals surface area contributed by atoms with Gasteiger partial charge < -0.3 is 15.4 Å². The number of hydrogen-bond acceptors (Lipinski definition) is 5. The van der Waals surface area contributed by atoms with Crippen LogP contribution in [0.3, 0.4) is 0 Å². The number of likely N-dealkylation sites (N-methyl/N-ethyl adjacent to an activating group) is 1. The molecule has 1 saturated heterocycles. The topological polar surface area (TPSA) is 89.7 Å². The molecular formula is C18H20N2O4S. The first-order chi connectivity index (χ1) is 11.9. The Balaban J connectivity index is 1.85. The second kappa shape index (κ2) is 6.85. The lowest BCUT2D eigenvalue weighted by Gasteiger charge is -2.14. The van der Waals surface area contributed by atoms with E-state index in [9.17, 15) is 13.2 Å². The molecule has 3 rings (SSSR count). The van der Waals surface area contributed by atoms with Crippen molar-refractivity contribution in [3.63, 3.8) is 0 Å². The minimum atomic E-state index is -3.83. The Labute approximate surface area is 147 Å². The van der Waals surface area contributed by atoms with Gasteiger partial charge in [0.05, 0.1) is 15.4 Å². The van der Waals surface area contributed by atoms with Crippen LogP contribution in [0.2, 0.25) is 0 Å². The van der Waals surface area contributed by atoms with Crippen LogP contribution in [0.5, 0.6) is 5.75 Å². The predicted molar refractivity (Wildman–Crippen MR) is 93.4 cm³/mol. The molecule has 0 aliphatic carbocycles. The Morgan fingerprint density at radius 2 is 1.84 bits per heavy atom. The van der Waals surface area contributed by atoms with E-state index in [1.807, 2.05) is 7.05 Å². The maximum Gasteiger partial charge on any atom is 0.250 e. The van der Waals surface area contributed by atoms with Crippen molar-refractivity contribution in [2.24, 2.45) is 5.73 Å². The van der Waals surface area contributed by atoms with Crippen molar-refractivity contribution < 1.29 is 17.9 Å². The smallest absolute Gasteiger partial charge is 0.250 e. The number of sulfone groups is 1. The molecule has 0 saturated carbocycles. The third kappa shape index (κ3) is 3.67. The molecule has 1 aliphatic rings. The van der Waals surface area contributed by atoms with E-state index in [0.29, 0.717) is 5.75 Å². The summed E-state index contributed by atoms with van der Waals surface area (Å²) in [4.78, 5) is 13.7. The average molecular weight is 360 g/mol. The number of carbonyl (C=O) groups is 1. The van der Waals surface area contributed by atoms with Gasteiger partial charge in [-0.1, -0.05) is 12.1 Å². The van der Waals surface area contributed by atoms with Gasteiger partial charge in [-0.15, -0.1) is 0 Å². The molecule has 0 spiro atoms. The second-order valence-electron chi connectivity index (χ2n) is 6.13. The molecular weight excluding hydrogens is 340 g/mol. The molecule has 1 atom stereocenters. The quantitative estimate of drug-likeness (QED) is 0.876. The van der Waals surface area contributed by atoms with Crippen molar-refractivity contribution in [3.8, 4) is 5.75 Å². The molecule has 2 aromatic rings. The van der Waals surface area contributed by atoms with Crippen molar-refractivity contribution >= 4 is 15.7 Å². The summed E-state index contributed by atoms with van der Waals surface area (Å²) in [5.41, 5.74) is 5.27. The summed E-state index contributed by atoms with van der Waals surface area (Å²) in [6.45, 7) is 1.84. The fraction of sp³-hybridized carbons (Fsp3) is 0.278. The Morgan fingerprint density at radius 1 is 1.16 bits per heavy atom. The molecule has 1 amide bonds.